The molecule has 2 amide bonds. The number of esters is 1. The third-order valence-corrected chi connectivity index (χ3v) is 5.83. The Labute approximate surface area is 178 Å². The summed E-state index contributed by atoms with van der Waals surface area (Å²) in [4.78, 5) is 42.4. The normalized spacial score (nSPS) is 18.4. The summed E-state index contributed by atoms with van der Waals surface area (Å²) in [6, 6.07) is 14.1. The van der Waals surface area contributed by atoms with Crippen LogP contribution in [0.3, 0.4) is 0 Å². The van der Waals surface area contributed by atoms with Gasteiger partial charge in [-0.15, -0.1) is 0 Å². The summed E-state index contributed by atoms with van der Waals surface area (Å²) in [5.41, 5.74) is 4.22. The van der Waals surface area contributed by atoms with Crippen molar-refractivity contribution in [2.45, 2.75) is 19.0 Å². The molecule has 0 spiro atoms. The van der Waals surface area contributed by atoms with Crippen LogP contribution in [0.5, 0.6) is 0 Å². The average molecular weight is 416 g/mol. The van der Waals surface area contributed by atoms with E-state index in [2.05, 4.69) is 14.8 Å². The molecule has 8 heteroatoms. The van der Waals surface area contributed by atoms with Gasteiger partial charge in [0.15, 0.2) is 0 Å². The number of rotatable bonds is 3. The number of ether oxygens (including phenoxy) is 1. The van der Waals surface area contributed by atoms with E-state index in [1.807, 2.05) is 24.3 Å². The lowest BCUT2D eigenvalue weighted by atomic mass is 9.94. The number of aromatic nitrogens is 1. The Morgan fingerprint density at radius 1 is 1.13 bits per heavy atom. The van der Waals surface area contributed by atoms with Gasteiger partial charge in [0.05, 0.1) is 25.4 Å². The number of amides is 2. The zero-order valence-electron chi connectivity index (χ0n) is 16.9. The van der Waals surface area contributed by atoms with Gasteiger partial charge in [-0.1, -0.05) is 30.3 Å². The average Bonchev–Trinajstić information content (AvgIpc) is 3.17. The number of aromatic amines is 1. The molecule has 1 atom stereocenters. The first kappa shape index (κ1) is 19.0. The van der Waals surface area contributed by atoms with Crippen LogP contribution in [0.4, 0.5) is 0 Å². The van der Waals surface area contributed by atoms with Gasteiger partial charge >= 0.3 is 5.97 Å². The van der Waals surface area contributed by atoms with Crippen LogP contribution in [0.1, 0.15) is 27.2 Å². The van der Waals surface area contributed by atoms with Crippen LogP contribution in [0, 0.1) is 0 Å². The molecule has 31 heavy (non-hydrogen) atoms. The second kappa shape index (κ2) is 7.39. The maximum Gasteiger partial charge on any atom is 0.337 e. The van der Waals surface area contributed by atoms with Crippen molar-refractivity contribution in [3.63, 3.8) is 0 Å². The number of fused-ring (bicyclic) bond motifs is 4. The molecule has 1 fully saturated rings. The first-order valence-electron chi connectivity index (χ1n) is 9.97. The summed E-state index contributed by atoms with van der Waals surface area (Å²) < 4.78 is 4.68. The smallest absolute Gasteiger partial charge is 0.337 e. The zero-order valence-corrected chi connectivity index (χ0v) is 16.9. The maximum absolute atomic E-state index is 13.1. The van der Waals surface area contributed by atoms with E-state index in [0.29, 0.717) is 24.1 Å². The third kappa shape index (κ3) is 3.26. The summed E-state index contributed by atoms with van der Waals surface area (Å²) >= 11 is 0. The molecule has 2 aromatic carbocycles. The van der Waals surface area contributed by atoms with Gasteiger partial charge in [-0.25, -0.2) is 9.80 Å². The van der Waals surface area contributed by atoms with Crippen LogP contribution in [0.15, 0.2) is 53.6 Å². The fourth-order valence-corrected chi connectivity index (χ4v) is 4.22. The third-order valence-electron chi connectivity index (χ3n) is 5.83. The first-order valence-corrected chi connectivity index (χ1v) is 9.97. The van der Waals surface area contributed by atoms with Gasteiger partial charge in [0.1, 0.15) is 12.6 Å². The number of nitrogens with zero attached hydrogens (tertiary/aromatic N) is 3. The van der Waals surface area contributed by atoms with Crippen molar-refractivity contribution in [1.29, 1.82) is 0 Å². The molecule has 1 N–H and O–H groups in total. The summed E-state index contributed by atoms with van der Waals surface area (Å²) in [7, 11) is 1.32. The number of hydrogen-bond donors (Lipinski definition) is 1. The van der Waals surface area contributed by atoms with E-state index in [1.54, 1.807) is 29.2 Å². The van der Waals surface area contributed by atoms with Crippen LogP contribution in [0.25, 0.3) is 10.9 Å². The number of hydrogen-bond acceptors (Lipinski definition) is 5. The van der Waals surface area contributed by atoms with Crippen molar-refractivity contribution in [1.82, 2.24) is 14.9 Å². The van der Waals surface area contributed by atoms with E-state index in [9.17, 15) is 14.4 Å². The van der Waals surface area contributed by atoms with Gasteiger partial charge in [-0.05, 0) is 29.3 Å². The van der Waals surface area contributed by atoms with Gasteiger partial charge in [0, 0.05) is 23.0 Å². The maximum atomic E-state index is 13.1. The van der Waals surface area contributed by atoms with Crippen LogP contribution >= 0.6 is 0 Å². The number of hydrazone groups is 1. The van der Waals surface area contributed by atoms with E-state index in [0.717, 1.165) is 22.2 Å². The highest BCUT2D eigenvalue weighted by atomic mass is 16.5. The quantitative estimate of drug-likeness (QED) is 0.522. The molecule has 0 radical (unpaired) electrons. The van der Waals surface area contributed by atoms with Crippen molar-refractivity contribution >= 4 is 34.9 Å². The summed E-state index contributed by atoms with van der Waals surface area (Å²) in [5, 5.41) is 6.58. The van der Waals surface area contributed by atoms with Crippen LogP contribution in [-0.4, -0.2) is 58.6 Å². The number of nitrogens with one attached hydrogen (secondary N) is 1. The molecule has 8 nitrogen and oxygen atoms in total. The highest BCUT2D eigenvalue weighted by Crippen LogP contribution is 2.32. The molecule has 156 valence electrons. The minimum atomic E-state index is -0.563. The Morgan fingerprint density at radius 2 is 1.90 bits per heavy atom. The predicted octanol–water partition coefficient (Wildman–Crippen LogP) is 2.08. The zero-order chi connectivity index (χ0) is 21.5. The first-order chi connectivity index (χ1) is 15.0. The van der Waals surface area contributed by atoms with Gasteiger partial charge in [0.25, 0.3) is 5.91 Å². The fraction of sp³-hybridized carbons (Fsp3) is 0.217. The van der Waals surface area contributed by atoms with Crippen molar-refractivity contribution in [3.05, 3.63) is 70.9 Å². The van der Waals surface area contributed by atoms with E-state index in [4.69, 9.17) is 0 Å². The Morgan fingerprint density at radius 3 is 2.68 bits per heavy atom. The second-order valence-electron chi connectivity index (χ2n) is 7.62. The lowest BCUT2D eigenvalue weighted by Crippen LogP contribution is -2.60. The fourth-order valence-electron chi connectivity index (χ4n) is 4.22. The number of H-pyrrole nitrogens is 1. The Balaban J connectivity index is 1.38. The minimum Gasteiger partial charge on any atom is -0.465 e. The second-order valence-corrected chi connectivity index (χ2v) is 7.62. The Bertz CT molecular complexity index is 1230. The van der Waals surface area contributed by atoms with Crippen molar-refractivity contribution in [3.8, 4) is 0 Å². The molecule has 0 aliphatic carbocycles. The number of methoxy groups -OCH3 is 1. The minimum absolute atomic E-state index is 0.0956. The van der Waals surface area contributed by atoms with Crippen molar-refractivity contribution in [2.75, 3.05) is 13.7 Å². The molecule has 5 rings (SSSR count). The molecule has 3 aromatic rings. The van der Waals surface area contributed by atoms with Gasteiger partial charge in [0.2, 0.25) is 5.91 Å². The van der Waals surface area contributed by atoms with Gasteiger partial charge in [-0.3, -0.25) is 9.59 Å². The number of para-hydroxylation sites is 1. The molecule has 0 unspecified atom stereocenters. The van der Waals surface area contributed by atoms with E-state index in [1.165, 1.54) is 18.3 Å². The number of carbonyl (C=O) groups excluding carboxylic acids is 3. The number of piperazine rings is 1. The van der Waals surface area contributed by atoms with Crippen LogP contribution in [0.2, 0.25) is 0 Å². The molecule has 2 aliphatic rings. The van der Waals surface area contributed by atoms with Crippen molar-refractivity contribution in [2.24, 2.45) is 5.10 Å². The predicted molar refractivity (Wildman–Crippen MR) is 113 cm³/mol. The lowest BCUT2D eigenvalue weighted by molar-refractivity contribution is -0.157. The summed E-state index contributed by atoms with van der Waals surface area (Å²) in [5.74, 6) is -0.751. The molecule has 1 aromatic heterocycles. The van der Waals surface area contributed by atoms with Crippen molar-refractivity contribution < 1.29 is 19.1 Å². The number of benzene rings is 2. The van der Waals surface area contributed by atoms with E-state index in [-0.39, 0.29) is 18.4 Å². The molecule has 3 heterocycles. The van der Waals surface area contributed by atoms with E-state index >= 15 is 0 Å². The molecule has 0 bridgehead atoms. The molecule has 0 saturated carbocycles. The molecular formula is C23H20N4O4. The monoisotopic (exact) mass is 416 g/mol. The highest BCUT2D eigenvalue weighted by molar-refractivity contribution is 5.97. The van der Waals surface area contributed by atoms with Crippen LogP contribution < -0.4 is 0 Å². The standard InChI is InChI=1S/C23H20N4O4/c1-31-23(30)15-8-6-14(7-9-15)11-24-27-13-21(28)26-12-19-17(10-20(26)22(27)29)16-4-2-3-5-18(16)25-19/h2-9,11,20,25H,10,12-13H2,1H3/b24-11+/t20-/m0/s1. The topological polar surface area (TPSA) is 95.1 Å². The van der Waals surface area contributed by atoms with E-state index < -0.39 is 12.0 Å². The lowest BCUT2D eigenvalue weighted by Gasteiger charge is -2.40. The summed E-state index contributed by atoms with van der Waals surface area (Å²) in [6.45, 7) is 0.299. The highest BCUT2D eigenvalue weighted by Gasteiger charge is 2.43. The molecular weight excluding hydrogens is 396 g/mol. The van der Waals surface area contributed by atoms with Gasteiger partial charge < -0.3 is 14.6 Å². The van der Waals surface area contributed by atoms with Crippen LogP contribution in [-0.2, 0) is 27.3 Å². The Hall–Kier alpha value is -3.94. The summed E-state index contributed by atoms with van der Waals surface area (Å²) in [6.07, 6.45) is 1.98. The Kier molecular flexibility index (Phi) is 4.54. The SMILES string of the molecule is COC(=O)c1ccc(/C=N/N2CC(=O)N3Cc4[nH]c5ccccc5c4C[C@H]3C2=O)cc1. The number of carbonyl (C=O) groups is 3. The molecule has 2 aliphatic heterocycles. The largest absolute Gasteiger partial charge is 0.465 e. The van der Waals surface area contributed by atoms with Gasteiger partial charge in [-0.2, -0.15) is 5.10 Å². The molecule has 1 saturated heterocycles.